The lowest BCUT2D eigenvalue weighted by molar-refractivity contribution is -0.147. The number of aliphatic hydroxyl groups excluding tert-OH is 1. The van der Waals surface area contributed by atoms with Gasteiger partial charge in [-0.3, -0.25) is 4.90 Å². The van der Waals surface area contributed by atoms with Crippen molar-refractivity contribution in [2.45, 2.75) is 45.3 Å². The third kappa shape index (κ3) is 4.18. The van der Waals surface area contributed by atoms with Gasteiger partial charge >= 0.3 is 6.18 Å². The highest BCUT2D eigenvalue weighted by molar-refractivity contribution is 5.10. The SMILES string of the molecule is CC(C)OC[C@@H](O)CN1CCn2c(cnc2C(F)(F)F)C1. The van der Waals surface area contributed by atoms with E-state index in [0.29, 0.717) is 25.3 Å². The molecule has 5 nitrogen and oxygen atoms in total. The molecule has 0 spiro atoms. The first kappa shape index (κ1) is 16.3. The summed E-state index contributed by atoms with van der Waals surface area (Å²) in [6, 6.07) is 0. The first-order valence-corrected chi connectivity index (χ1v) is 6.91. The second kappa shape index (κ2) is 6.33. The molecule has 2 rings (SSSR count). The molecule has 0 saturated heterocycles. The van der Waals surface area contributed by atoms with E-state index in [1.54, 1.807) is 0 Å². The van der Waals surface area contributed by atoms with Crippen LogP contribution in [0.1, 0.15) is 25.4 Å². The number of β-amino-alcohol motifs (C(OH)–C–C–N with tert-alkyl or cyclic N) is 1. The Morgan fingerprint density at radius 2 is 2.10 bits per heavy atom. The Labute approximate surface area is 121 Å². The van der Waals surface area contributed by atoms with Crippen molar-refractivity contribution in [3.63, 3.8) is 0 Å². The van der Waals surface area contributed by atoms with Gasteiger partial charge in [0.1, 0.15) is 0 Å². The molecule has 1 aromatic rings. The van der Waals surface area contributed by atoms with E-state index in [1.165, 1.54) is 10.8 Å². The summed E-state index contributed by atoms with van der Waals surface area (Å²) >= 11 is 0. The lowest BCUT2D eigenvalue weighted by Gasteiger charge is -2.30. The molecule has 0 fully saturated rings. The van der Waals surface area contributed by atoms with Gasteiger partial charge in [-0.15, -0.1) is 0 Å². The zero-order chi connectivity index (χ0) is 15.6. The maximum atomic E-state index is 12.7. The van der Waals surface area contributed by atoms with E-state index in [-0.39, 0.29) is 19.3 Å². The molecule has 1 aromatic heterocycles. The van der Waals surface area contributed by atoms with Crippen LogP contribution in [0.4, 0.5) is 13.2 Å². The minimum atomic E-state index is -4.43. The van der Waals surface area contributed by atoms with Crippen LogP contribution in [-0.4, -0.2) is 51.5 Å². The Hall–Kier alpha value is -1.12. The normalized spacial score (nSPS) is 18.0. The number of hydrogen-bond acceptors (Lipinski definition) is 4. The zero-order valence-corrected chi connectivity index (χ0v) is 12.1. The Balaban J connectivity index is 1.93. The Morgan fingerprint density at radius 3 is 2.71 bits per heavy atom. The van der Waals surface area contributed by atoms with Crippen LogP contribution in [-0.2, 0) is 24.0 Å². The molecule has 1 aliphatic heterocycles. The third-order valence-corrected chi connectivity index (χ3v) is 3.31. The third-order valence-electron chi connectivity index (χ3n) is 3.31. The van der Waals surface area contributed by atoms with Gasteiger partial charge < -0.3 is 14.4 Å². The summed E-state index contributed by atoms with van der Waals surface area (Å²) in [7, 11) is 0. The first-order chi connectivity index (χ1) is 9.77. The molecule has 0 saturated carbocycles. The lowest BCUT2D eigenvalue weighted by Crippen LogP contribution is -2.40. The van der Waals surface area contributed by atoms with Gasteiger partial charge in [0.05, 0.1) is 30.7 Å². The number of alkyl halides is 3. The number of imidazole rings is 1. The van der Waals surface area contributed by atoms with Crippen molar-refractivity contribution < 1.29 is 23.0 Å². The molecule has 0 unspecified atom stereocenters. The summed E-state index contributed by atoms with van der Waals surface area (Å²) in [4.78, 5) is 5.37. The van der Waals surface area contributed by atoms with Crippen molar-refractivity contribution in [2.24, 2.45) is 0 Å². The van der Waals surface area contributed by atoms with Crippen LogP contribution in [0.25, 0.3) is 0 Å². The fourth-order valence-corrected chi connectivity index (χ4v) is 2.37. The fraction of sp³-hybridized carbons (Fsp3) is 0.769. The van der Waals surface area contributed by atoms with Crippen LogP contribution in [0.3, 0.4) is 0 Å². The largest absolute Gasteiger partial charge is 0.449 e. The predicted octanol–water partition coefficient (Wildman–Crippen LogP) is 1.50. The summed E-state index contributed by atoms with van der Waals surface area (Å²) in [5.74, 6) is -0.846. The predicted molar refractivity (Wildman–Crippen MR) is 69.6 cm³/mol. The zero-order valence-electron chi connectivity index (χ0n) is 12.1. The van der Waals surface area contributed by atoms with Crippen molar-refractivity contribution in [3.05, 3.63) is 17.7 Å². The minimum absolute atomic E-state index is 0.0387. The van der Waals surface area contributed by atoms with E-state index in [1.807, 2.05) is 18.7 Å². The van der Waals surface area contributed by atoms with Gasteiger partial charge in [-0.1, -0.05) is 0 Å². The summed E-state index contributed by atoms with van der Waals surface area (Å²) in [5, 5.41) is 9.86. The fourth-order valence-electron chi connectivity index (χ4n) is 2.37. The molecule has 0 aliphatic carbocycles. The Morgan fingerprint density at radius 1 is 1.38 bits per heavy atom. The number of hydrogen-bond donors (Lipinski definition) is 1. The van der Waals surface area contributed by atoms with Crippen molar-refractivity contribution in [3.8, 4) is 0 Å². The van der Waals surface area contributed by atoms with Crippen LogP contribution in [0, 0.1) is 0 Å². The standard InChI is InChI=1S/C13H20F3N3O2/c1-9(2)21-8-11(20)7-18-3-4-19-10(6-18)5-17-12(19)13(14,15)16/h5,9,11,20H,3-4,6-8H2,1-2H3/t11-/m0/s1. The lowest BCUT2D eigenvalue weighted by atomic mass is 10.2. The summed E-state index contributed by atoms with van der Waals surface area (Å²) in [6.45, 7) is 5.38. The maximum Gasteiger partial charge on any atom is 0.449 e. The molecule has 1 N–H and O–H groups in total. The smallest absolute Gasteiger partial charge is 0.389 e. The van der Waals surface area contributed by atoms with Crippen molar-refractivity contribution in [1.29, 1.82) is 0 Å². The van der Waals surface area contributed by atoms with Gasteiger partial charge in [0.2, 0.25) is 5.82 Å². The van der Waals surface area contributed by atoms with E-state index in [0.717, 1.165) is 0 Å². The number of aliphatic hydroxyl groups is 1. The van der Waals surface area contributed by atoms with Crippen molar-refractivity contribution in [2.75, 3.05) is 19.7 Å². The van der Waals surface area contributed by atoms with Gasteiger partial charge in [-0.2, -0.15) is 13.2 Å². The Kier molecular flexibility index (Phi) is 4.90. The van der Waals surface area contributed by atoms with E-state index >= 15 is 0 Å². The number of fused-ring (bicyclic) bond motifs is 1. The van der Waals surface area contributed by atoms with Crippen molar-refractivity contribution in [1.82, 2.24) is 14.5 Å². The van der Waals surface area contributed by atoms with Gasteiger partial charge in [0, 0.05) is 26.2 Å². The summed E-state index contributed by atoms with van der Waals surface area (Å²) in [6.07, 6.45) is -3.78. The van der Waals surface area contributed by atoms with E-state index in [2.05, 4.69) is 4.98 Å². The van der Waals surface area contributed by atoms with E-state index < -0.39 is 18.1 Å². The summed E-state index contributed by atoms with van der Waals surface area (Å²) < 4.78 is 44.7. The molecule has 120 valence electrons. The molecule has 1 atom stereocenters. The number of aromatic nitrogens is 2. The number of ether oxygens (including phenoxy) is 1. The van der Waals surface area contributed by atoms with Gasteiger partial charge in [-0.05, 0) is 13.8 Å². The quantitative estimate of drug-likeness (QED) is 0.896. The molecule has 0 aromatic carbocycles. The first-order valence-electron chi connectivity index (χ1n) is 6.91. The van der Waals surface area contributed by atoms with Crippen LogP contribution >= 0.6 is 0 Å². The highest BCUT2D eigenvalue weighted by atomic mass is 19.4. The van der Waals surface area contributed by atoms with E-state index in [9.17, 15) is 18.3 Å². The number of nitrogens with zero attached hydrogens (tertiary/aromatic N) is 3. The molecule has 8 heteroatoms. The average molecular weight is 307 g/mol. The summed E-state index contributed by atoms with van der Waals surface area (Å²) in [5.41, 5.74) is 0.519. The van der Waals surface area contributed by atoms with Crippen LogP contribution in [0.15, 0.2) is 6.20 Å². The molecule has 0 bridgehead atoms. The molecule has 21 heavy (non-hydrogen) atoms. The minimum Gasteiger partial charge on any atom is -0.389 e. The highest BCUT2D eigenvalue weighted by Gasteiger charge is 2.38. The van der Waals surface area contributed by atoms with Gasteiger partial charge in [0.15, 0.2) is 0 Å². The molecule has 1 aliphatic rings. The number of rotatable bonds is 5. The maximum absolute atomic E-state index is 12.7. The molecule has 0 radical (unpaired) electrons. The average Bonchev–Trinajstić information content (AvgIpc) is 2.79. The number of halogens is 3. The molecular formula is C13H20F3N3O2. The van der Waals surface area contributed by atoms with Crippen LogP contribution in [0.2, 0.25) is 0 Å². The highest BCUT2D eigenvalue weighted by Crippen LogP contribution is 2.30. The molecule has 0 amide bonds. The van der Waals surface area contributed by atoms with Gasteiger partial charge in [0.25, 0.3) is 0 Å². The molecule has 2 heterocycles. The van der Waals surface area contributed by atoms with Crippen LogP contribution < -0.4 is 0 Å². The van der Waals surface area contributed by atoms with Crippen LogP contribution in [0.5, 0.6) is 0 Å². The second-order valence-electron chi connectivity index (χ2n) is 5.49. The van der Waals surface area contributed by atoms with E-state index in [4.69, 9.17) is 4.74 Å². The molecular weight excluding hydrogens is 287 g/mol. The van der Waals surface area contributed by atoms with Crippen molar-refractivity contribution >= 4 is 0 Å². The second-order valence-corrected chi connectivity index (χ2v) is 5.49. The topological polar surface area (TPSA) is 50.5 Å². The monoisotopic (exact) mass is 307 g/mol. The Bertz CT molecular complexity index is 474. The van der Waals surface area contributed by atoms with Gasteiger partial charge in [-0.25, -0.2) is 4.98 Å².